The van der Waals surface area contributed by atoms with Gasteiger partial charge in [-0.3, -0.25) is 19.8 Å². The number of hydrogen-bond donors (Lipinski definition) is 4. The molecule has 1 spiro atoms. The van der Waals surface area contributed by atoms with Crippen molar-refractivity contribution in [3.63, 3.8) is 0 Å². The SMILES string of the molecule is N=C(N)c1csc([C@@H](NC(=O)C2CC3(CN2C(=O)CNC(=O)CCCOc2ccccc2)OCCO3)C2CCCC2)c1. The van der Waals surface area contributed by atoms with Crippen molar-refractivity contribution in [1.29, 1.82) is 5.41 Å². The molecule has 12 heteroatoms. The Morgan fingerprint density at radius 2 is 1.90 bits per heavy atom. The summed E-state index contributed by atoms with van der Waals surface area (Å²) in [5.74, 6) is -0.940. The molecular weight excluding hydrogens is 558 g/mol. The third-order valence-corrected chi connectivity index (χ3v) is 9.15. The van der Waals surface area contributed by atoms with Crippen LogP contribution in [0.2, 0.25) is 0 Å². The average Bonchev–Trinajstić information content (AvgIpc) is 3.82. The van der Waals surface area contributed by atoms with Gasteiger partial charge in [-0.2, -0.15) is 0 Å². The molecule has 2 aliphatic heterocycles. The van der Waals surface area contributed by atoms with Crippen molar-refractivity contribution in [3.8, 4) is 5.75 Å². The highest BCUT2D eigenvalue weighted by Crippen LogP contribution is 2.39. The molecule has 0 bridgehead atoms. The molecule has 3 amide bonds. The van der Waals surface area contributed by atoms with Crippen LogP contribution in [-0.2, 0) is 23.9 Å². The number of hydrogen-bond acceptors (Lipinski definition) is 8. The summed E-state index contributed by atoms with van der Waals surface area (Å²) in [6.07, 6.45) is 5.11. The highest BCUT2D eigenvalue weighted by molar-refractivity contribution is 7.10. The van der Waals surface area contributed by atoms with Crippen LogP contribution in [0.15, 0.2) is 41.8 Å². The number of amides is 3. The van der Waals surface area contributed by atoms with Crippen molar-refractivity contribution >= 4 is 34.9 Å². The number of carbonyl (C=O) groups excluding carboxylic acids is 3. The molecule has 1 aromatic carbocycles. The molecule has 2 atom stereocenters. The van der Waals surface area contributed by atoms with Crippen LogP contribution in [0.3, 0.4) is 0 Å². The van der Waals surface area contributed by atoms with E-state index in [1.54, 1.807) is 0 Å². The van der Waals surface area contributed by atoms with Crippen LogP contribution in [0.1, 0.15) is 61.4 Å². The van der Waals surface area contributed by atoms with Gasteiger partial charge < -0.3 is 35.5 Å². The number of thiophene rings is 1. The summed E-state index contributed by atoms with van der Waals surface area (Å²) in [6, 6.07) is 10.2. The Hall–Kier alpha value is -3.48. The summed E-state index contributed by atoms with van der Waals surface area (Å²) >= 11 is 1.48. The summed E-state index contributed by atoms with van der Waals surface area (Å²) in [4.78, 5) is 42.1. The van der Waals surface area contributed by atoms with E-state index in [9.17, 15) is 14.4 Å². The number of nitrogens with two attached hydrogens (primary N) is 1. The number of nitrogen functional groups attached to an aromatic ring is 1. The lowest BCUT2D eigenvalue weighted by Crippen LogP contribution is -2.50. The van der Waals surface area contributed by atoms with Crippen LogP contribution in [0, 0.1) is 11.3 Å². The molecule has 0 radical (unpaired) electrons. The maximum absolute atomic E-state index is 13.8. The van der Waals surface area contributed by atoms with Crippen LogP contribution in [0.4, 0.5) is 0 Å². The van der Waals surface area contributed by atoms with Gasteiger partial charge in [0.15, 0.2) is 5.79 Å². The average molecular weight is 598 g/mol. The summed E-state index contributed by atoms with van der Waals surface area (Å²) in [6.45, 7) is 1.07. The molecule has 2 saturated heterocycles. The minimum atomic E-state index is -1.02. The molecule has 226 valence electrons. The van der Waals surface area contributed by atoms with Crippen molar-refractivity contribution < 1.29 is 28.6 Å². The topological polar surface area (TPSA) is 156 Å². The Labute approximate surface area is 249 Å². The van der Waals surface area contributed by atoms with Crippen LogP contribution < -0.4 is 21.1 Å². The lowest BCUT2D eigenvalue weighted by molar-refractivity contribution is -0.152. The zero-order chi connectivity index (χ0) is 29.5. The molecule has 5 N–H and O–H groups in total. The van der Waals surface area contributed by atoms with Gasteiger partial charge in [-0.1, -0.05) is 31.0 Å². The number of carbonyl (C=O) groups is 3. The fourth-order valence-corrected chi connectivity index (χ4v) is 7.01. The van der Waals surface area contributed by atoms with E-state index in [2.05, 4.69) is 10.6 Å². The van der Waals surface area contributed by atoms with E-state index >= 15 is 0 Å². The largest absolute Gasteiger partial charge is 0.494 e. The Bertz CT molecular complexity index is 1260. The van der Waals surface area contributed by atoms with E-state index in [1.807, 2.05) is 41.8 Å². The smallest absolute Gasteiger partial charge is 0.243 e. The first-order valence-electron chi connectivity index (χ1n) is 14.6. The number of nitrogens with zero attached hydrogens (tertiary/aromatic N) is 1. The summed E-state index contributed by atoms with van der Waals surface area (Å²) in [5, 5.41) is 15.5. The highest BCUT2D eigenvalue weighted by atomic mass is 32.1. The Kier molecular flexibility index (Phi) is 9.76. The lowest BCUT2D eigenvalue weighted by Gasteiger charge is -2.28. The summed E-state index contributed by atoms with van der Waals surface area (Å²) in [5.41, 5.74) is 6.34. The van der Waals surface area contributed by atoms with Gasteiger partial charge in [0.05, 0.1) is 39.0 Å². The molecule has 5 rings (SSSR count). The monoisotopic (exact) mass is 597 g/mol. The molecule has 2 aromatic rings. The predicted octanol–water partition coefficient (Wildman–Crippen LogP) is 2.70. The van der Waals surface area contributed by atoms with Crippen LogP contribution in [-0.4, -0.2) is 73.2 Å². The minimum absolute atomic E-state index is 0.00944. The Morgan fingerprint density at radius 1 is 1.17 bits per heavy atom. The van der Waals surface area contributed by atoms with Crippen molar-refractivity contribution in [2.24, 2.45) is 11.7 Å². The second-order valence-corrected chi connectivity index (χ2v) is 12.0. The maximum atomic E-state index is 13.8. The molecular formula is C30H39N5O6S. The number of benzene rings is 1. The van der Waals surface area contributed by atoms with Crippen molar-refractivity contribution in [2.45, 2.75) is 62.8 Å². The molecule has 1 aromatic heterocycles. The number of ether oxygens (including phenoxy) is 3. The van der Waals surface area contributed by atoms with E-state index in [0.717, 1.165) is 36.3 Å². The van der Waals surface area contributed by atoms with Crippen LogP contribution >= 0.6 is 11.3 Å². The third kappa shape index (κ3) is 7.29. The first kappa shape index (κ1) is 30.0. The van der Waals surface area contributed by atoms with Crippen LogP contribution in [0.5, 0.6) is 5.75 Å². The van der Waals surface area contributed by atoms with Gasteiger partial charge in [-0.05, 0) is 43.4 Å². The van der Waals surface area contributed by atoms with Gasteiger partial charge in [-0.15, -0.1) is 11.3 Å². The zero-order valence-electron chi connectivity index (χ0n) is 23.6. The number of nitrogens with one attached hydrogen (secondary N) is 3. The van der Waals surface area contributed by atoms with Gasteiger partial charge in [-0.25, -0.2) is 0 Å². The molecule has 1 saturated carbocycles. The van der Waals surface area contributed by atoms with Gasteiger partial charge in [0.2, 0.25) is 17.7 Å². The Morgan fingerprint density at radius 3 is 2.60 bits per heavy atom. The number of likely N-dealkylation sites (tertiary alicyclic amines) is 1. The lowest BCUT2D eigenvalue weighted by atomic mass is 9.95. The third-order valence-electron chi connectivity index (χ3n) is 8.13. The van der Waals surface area contributed by atoms with E-state index in [0.29, 0.717) is 31.8 Å². The van der Waals surface area contributed by atoms with Gasteiger partial charge in [0.25, 0.3) is 0 Å². The number of amidine groups is 1. The standard InChI is InChI=1S/C30H39N5O6S/c31-28(32)21-15-24(42-18-21)27(20-7-4-5-8-20)34-29(38)23-16-30(40-13-14-41-30)19-35(23)26(37)17-33-25(36)11-6-12-39-22-9-2-1-3-10-22/h1-3,9-10,15,18,20,23,27H,4-8,11-14,16-17,19H2,(H3,31,32)(H,33,36)(H,34,38)/t23?,27-/m0/s1. The highest BCUT2D eigenvalue weighted by Gasteiger charge is 2.52. The van der Waals surface area contributed by atoms with Gasteiger partial charge >= 0.3 is 0 Å². The second-order valence-electron chi connectivity index (χ2n) is 11.1. The van der Waals surface area contributed by atoms with Crippen molar-refractivity contribution in [2.75, 3.05) is 32.9 Å². The maximum Gasteiger partial charge on any atom is 0.243 e. The fraction of sp³-hybridized carbons (Fsp3) is 0.533. The first-order valence-corrected chi connectivity index (χ1v) is 15.5. The second kappa shape index (κ2) is 13.7. The number of para-hydroxylation sites is 1. The quantitative estimate of drug-likeness (QED) is 0.167. The molecule has 3 aliphatic rings. The summed E-state index contributed by atoms with van der Waals surface area (Å²) in [7, 11) is 0. The zero-order valence-corrected chi connectivity index (χ0v) is 24.5. The molecule has 3 heterocycles. The molecule has 42 heavy (non-hydrogen) atoms. The fourth-order valence-electron chi connectivity index (χ4n) is 5.96. The van der Waals surface area contributed by atoms with E-state index < -0.39 is 11.8 Å². The molecule has 1 aliphatic carbocycles. The molecule has 1 unspecified atom stereocenters. The summed E-state index contributed by atoms with van der Waals surface area (Å²) < 4.78 is 17.4. The van der Waals surface area contributed by atoms with Crippen molar-refractivity contribution in [1.82, 2.24) is 15.5 Å². The first-order chi connectivity index (χ1) is 20.3. The molecule has 3 fully saturated rings. The van der Waals surface area contributed by atoms with E-state index in [1.165, 1.54) is 16.2 Å². The van der Waals surface area contributed by atoms with Gasteiger partial charge in [0.1, 0.15) is 17.6 Å². The van der Waals surface area contributed by atoms with E-state index in [4.69, 9.17) is 25.4 Å². The Balaban J connectivity index is 1.20. The predicted molar refractivity (Wildman–Crippen MR) is 157 cm³/mol. The minimum Gasteiger partial charge on any atom is -0.494 e. The number of rotatable bonds is 12. The molecule has 11 nitrogen and oxygen atoms in total. The van der Waals surface area contributed by atoms with Crippen molar-refractivity contribution in [3.05, 3.63) is 52.2 Å². The normalized spacial score (nSPS) is 20.5. The van der Waals surface area contributed by atoms with Crippen LogP contribution in [0.25, 0.3) is 0 Å². The van der Waals surface area contributed by atoms with Gasteiger partial charge in [0, 0.05) is 28.7 Å². The van der Waals surface area contributed by atoms with E-state index in [-0.39, 0.29) is 61.4 Å².